The lowest BCUT2D eigenvalue weighted by molar-refractivity contribution is -0.152. The predicted molar refractivity (Wildman–Crippen MR) is 81.1 cm³/mol. The van der Waals surface area contributed by atoms with Gasteiger partial charge in [-0.1, -0.05) is 37.3 Å². The minimum atomic E-state index is -0.974. The molecule has 1 aromatic carbocycles. The molecule has 0 aliphatic rings. The first-order chi connectivity index (χ1) is 10.2. The third kappa shape index (κ3) is 4.81. The summed E-state index contributed by atoms with van der Waals surface area (Å²) in [4.78, 5) is 12.4. The van der Waals surface area contributed by atoms with Crippen LogP contribution in [0.25, 0.3) is 0 Å². The first-order valence-electron chi connectivity index (χ1n) is 7.17. The number of esters is 1. The van der Waals surface area contributed by atoms with E-state index >= 15 is 0 Å². The Morgan fingerprint density at radius 1 is 1.19 bits per heavy atom. The zero-order valence-electron chi connectivity index (χ0n) is 13.1. The normalized spacial score (nSPS) is 13.7. The van der Waals surface area contributed by atoms with Gasteiger partial charge in [-0.2, -0.15) is 0 Å². The van der Waals surface area contributed by atoms with Crippen LogP contribution < -0.4 is 5.32 Å². The van der Waals surface area contributed by atoms with Gasteiger partial charge in [0.1, 0.15) is 0 Å². The number of likely N-dealkylation sites (N-methyl/N-ethyl adjacent to an activating group) is 1. The topological polar surface area (TPSA) is 56.8 Å². The molecule has 0 heterocycles. The van der Waals surface area contributed by atoms with Crippen LogP contribution in [-0.2, 0) is 24.5 Å². The van der Waals surface area contributed by atoms with Crippen molar-refractivity contribution < 1.29 is 19.0 Å². The van der Waals surface area contributed by atoms with Gasteiger partial charge in [0.2, 0.25) is 0 Å². The highest BCUT2D eigenvalue weighted by Crippen LogP contribution is 2.23. The zero-order valence-corrected chi connectivity index (χ0v) is 13.1. The van der Waals surface area contributed by atoms with Crippen molar-refractivity contribution >= 4 is 5.97 Å². The maximum absolute atomic E-state index is 12.4. The van der Waals surface area contributed by atoms with Gasteiger partial charge in [-0.05, 0) is 18.5 Å². The van der Waals surface area contributed by atoms with Gasteiger partial charge in [0, 0.05) is 20.3 Å². The van der Waals surface area contributed by atoms with Gasteiger partial charge in [0.25, 0.3) is 0 Å². The molecule has 0 fully saturated rings. The van der Waals surface area contributed by atoms with E-state index in [4.69, 9.17) is 14.2 Å². The second-order valence-electron chi connectivity index (χ2n) is 4.69. The molecule has 1 N–H and O–H groups in total. The Labute approximate surface area is 126 Å². The van der Waals surface area contributed by atoms with E-state index in [1.807, 2.05) is 37.3 Å². The molecule has 0 radical (unpaired) electrons. The third-order valence-electron chi connectivity index (χ3n) is 3.23. The van der Waals surface area contributed by atoms with E-state index in [0.717, 1.165) is 12.0 Å². The molecule has 0 aliphatic heterocycles. The molecule has 0 saturated heterocycles. The number of benzene rings is 1. The smallest absolute Gasteiger partial charge is 0.333 e. The SMILES string of the molecule is CCNC(COCCCOC)(C(=O)OC)c1ccccc1. The Morgan fingerprint density at radius 3 is 2.48 bits per heavy atom. The van der Waals surface area contributed by atoms with Gasteiger partial charge in [0.15, 0.2) is 5.54 Å². The molecular weight excluding hydrogens is 270 g/mol. The average molecular weight is 295 g/mol. The Kier molecular flexibility index (Phi) is 7.97. The van der Waals surface area contributed by atoms with Gasteiger partial charge in [-0.25, -0.2) is 4.79 Å². The van der Waals surface area contributed by atoms with Gasteiger partial charge in [-0.15, -0.1) is 0 Å². The van der Waals surface area contributed by atoms with E-state index in [2.05, 4.69) is 5.32 Å². The van der Waals surface area contributed by atoms with Gasteiger partial charge in [0.05, 0.1) is 13.7 Å². The fourth-order valence-corrected chi connectivity index (χ4v) is 2.21. The third-order valence-corrected chi connectivity index (χ3v) is 3.23. The maximum atomic E-state index is 12.4. The molecule has 21 heavy (non-hydrogen) atoms. The fraction of sp³-hybridized carbons (Fsp3) is 0.562. The van der Waals surface area contributed by atoms with E-state index in [-0.39, 0.29) is 12.6 Å². The second kappa shape index (κ2) is 9.50. The number of ether oxygens (including phenoxy) is 3. The van der Waals surface area contributed by atoms with E-state index < -0.39 is 5.54 Å². The number of rotatable bonds is 10. The van der Waals surface area contributed by atoms with Gasteiger partial charge >= 0.3 is 5.97 Å². The highest BCUT2D eigenvalue weighted by molar-refractivity contribution is 5.82. The molecule has 0 amide bonds. The van der Waals surface area contributed by atoms with Crippen molar-refractivity contribution in [3.63, 3.8) is 0 Å². The van der Waals surface area contributed by atoms with Gasteiger partial charge < -0.3 is 14.2 Å². The fourth-order valence-electron chi connectivity index (χ4n) is 2.21. The zero-order chi connectivity index (χ0) is 15.6. The molecule has 0 saturated carbocycles. The second-order valence-corrected chi connectivity index (χ2v) is 4.69. The Hall–Kier alpha value is -1.43. The van der Waals surface area contributed by atoms with E-state index in [1.165, 1.54) is 7.11 Å². The number of methoxy groups -OCH3 is 2. The van der Waals surface area contributed by atoms with Crippen molar-refractivity contribution in [2.75, 3.05) is 40.6 Å². The summed E-state index contributed by atoms with van der Waals surface area (Å²) in [5.74, 6) is -0.345. The highest BCUT2D eigenvalue weighted by Gasteiger charge is 2.41. The molecule has 5 nitrogen and oxygen atoms in total. The summed E-state index contributed by atoms with van der Waals surface area (Å²) in [6.45, 7) is 3.97. The Morgan fingerprint density at radius 2 is 1.90 bits per heavy atom. The van der Waals surface area contributed by atoms with Crippen molar-refractivity contribution in [1.29, 1.82) is 0 Å². The predicted octanol–water partition coefficient (Wildman–Crippen LogP) is 1.72. The first kappa shape index (κ1) is 17.6. The summed E-state index contributed by atoms with van der Waals surface area (Å²) < 4.78 is 15.7. The lowest BCUT2D eigenvalue weighted by atomic mass is 9.90. The summed E-state index contributed by atoms with van der Waals surface area (Å²) >= 11 is 0. The Bertz CT molecular complexity index is 410. The largest absolute Gasteiger partial charge is 0.467 e. The van der Waals surface area contributed by atoms with Crippen LogP contribution in [0, 0.1) is 0 Å². The van der Waals surface area contributed by atoms with Crippen LogP contribution in [0.1, 0.15) is 18.9 Å². The summed E-state index contributed by atoms with van der Waals surface area (Å²) in [6, 6.07) is 9.51. The van der Waals surface area contributed by atoms with E-state index in [0.29, 0.717) is 19.8 Å². The monoisotopic (exact) mass is 295 g/mol. The number of carbonyl (C=O) groups is 1. The molecule has 1 atom stereocenters. The highest BCUT2D eigenvalue weighted by atomic mass is 16.5. The van der Waals surface area contributed by atoms with Crippen LogP contribution in [0.2, 0.25) is 0 Å². The van der Waals surface area contributed by atoms with Crippen LogP contribution >= 0.6 is 0 Å². The summed E-state index contributed by atoms with van der Waals surface area (Å²) in [5, 5.41) is 3.22. The molecule has 1 rings (SSSR count). The summed E-state index contributed by atoms with van der Waals surface area (Å²) in [5.41, 5.74) is -0.136. The molecule has 0 aromatic heterocycles. The molecule has 0 spiro atoms. The van der Waals surface area contributed by atoms with Crippen LogP contribution in [0.5, 0.6) is 0 Å². The van der Waals surface area contributed by atoms with Crippen molar-refractivity contribution in [3.8, 4) is 0 Å². The van der Waals surface area contributed by atoms with Crippen molar-refractivity contribution in [2.24, 2.45) is 0 Å². The molecule has 0 aliphatic carbocycles. The molecule has 1 unspecified atom stereocenters. The summed E-state index contributed by atoms with van der Waals surface area (Å²) in [7, 11) is 3.05. The molecule has 0 bridgehead atoms. The Balaban J connectivity index is 2.89. The molecular formula is C16H25NO4. The lowest BCUT2D eigenvalue weighted by Crippen LogP contribution is -2.53. The first-order valence-corrected chi connectivity index (χ1v) is 7.17. The average Bonchev–Trinajstić information content (AvgIpc) is 2.53. The van der Waals surface area contributed by atoms with Crippen molar-refractivity contribution in [2.45, 2.75) is 18.9 Å². The van der Waals surface area contributed by atoms with Crippen LogP contribution in [-0.4, -0.2) is 46.6 Å². The maximum Gasteiger partial charge on any atom is 0.333 e. The molecule has 118 valence electrons. The quantitative estimate of drug-likeness (QED) is 0.526. The summed E-state index contributed by atoms with van der Waals surface area (Å²) in [6.07, 6.45) is 0.786. The van der Waals surface area contributed by atoms with E-state index in [1.54, 1.807) is 7.11 Å². The van der Waals surface area contributed by atoms with Crippen LogP contribution in [0.4, 0.5) is 0 Å². The molecule has 1 aromatic rings. The minimum absolute atomic E-state index is 0.223. The minimum Gasteiger partial charge on any atom is -0.467 e. The van der Waals surface area contributed by atoms with Gasteiger partial charge in [-0.3, -0.25) is 5.32 Å². The standard InChI is InChI=1S/C16H25NO4/c1-4-17-16(15(18)20-3,13-21-12-8-11-19-2)14-9-6-5-7-10-14/h5-7,9-10,17H,4,8,11-13H2,1-3H3. The number of hydrogen-bond donors (Lipinski definition) is 1. The number of nitrogens with one attached hydrogen (secondary N) is 1. The van der Waals surface area contributed by atoms with Crippen LogP contribution in [0.3, 0.4) is 0 Å². The number of hydrogen-bond acceptors (Lipinski definition) is 5. The lowest BCUT2D eigenvalue weighted by Gasteiger charge is -2.32. The van der Waals surface area contributed by atoms with Crippen molar-refractivity contribution in [3.05, 3.63) is 35.9 Å². The van der Waals surface area contributed by atoms with Crippen LogP contribution in [0.15, 0.2) is 30.3 Å². The number of carbonyl (C=O) groups excluding carboxylic acids is 1. The van der Waals surface area contributed by atoms with Crippen molar-refractivity contribution in [1.82, 2.24) is 5.32 Å². The molecule has 5 heteroatoms. The van der Waals surface area contributed by atoms with E-state index in [9.17, 15) is 4.79 Å².